The van der Waals surface area contributed by atoms with Gasteiger partial charge in [-0.05, 0) is 37.1 Å². The number of hydrogen-bond acceptors (Lipinski definition) is 3. The van der Waals surface area contributed by atoms with Crippen LogP contribution in [0.2, 0.25) is 0 Å². The Morgan fingerprint density at radius 2 is 2.35 bits per heavy atom. The zero-order chi connectivity index (χ0) is 14.4. The monoisotopic (exact) mass is 284 g/mol. The Morgan fingerprint density at radius 1 is 1.50 bits per heavy atom. The van der Waals surface area contributed by atoms with Gasteiger partial charge >= 0.3 is 6.61 Å². The van der Waals surface area contributed by atoms with E-state index in [0.29, 0.717) is 5.56 Å². The summed E-state index contributed by atoms with van der Waals surface area (Å²) in [5, 5.41) is 6.15. The molecule has 0 bridgehead atoms. The van der Waals surface area contributed by atoms with Crippen LogP contribution in [0.4, 0.5) is 8.78 Å². The van der Waals surface area contributed by atoms with Gasteiger partial charge in [0.15, 0.2) is 0 Å². The first-order valence-electron chi connectivity index (χ1n) is 6.67. The van der Waals surface area contributed by atoms with Crippen molar-refractivity contribution >= 4 is 5.91 Å². The van der Waals surface area contributed by atoms with E-state index in [1.54, 1.807) is 12.1 Å². The van der Waals surface area contributed by atoms with Crippen LogP contribution in [0.5, 0.6) is 5.75 Å². The quantitative estimate of drug-likeness (QED) is 0.865. The fraction of sp³-hybridized carbons (Fsp3) is 0.500. The number of benzene rings is 1. The van der Waals surface area contributed by atoms with E-state index in [0.717, 1.165) is 25.9 Å². The number of alkyl halides is 2. The molecule has 0 radical (unpaired) electrons. The van der Waals surface area contributed by atoms with Crippen molar-refractivity contribution in [1.82, 2.24) is 10.6 Å². The Bertz CT molecular complexity index is 449. The van der Waals surface area contributed by atoms with E-state index in [-0.39, 0.29) is 24.1 Å². The van der Waals surface area contributed by atoms with Crippen molar-refractivity contribution in [2.75, 3.05) is 13.1 Å². The molecule has 1 aromatic rings. The molecule has 0 unspecified atom stereocenters. The number of halogens is 2. The Balaban J connectivity index is 1.86. The minimum atomic E-state index is -2.85. The average Bonchev–Trinajstić information content (AvgIpc) is 2.39. The SMILES string of the molecule is O=C(Cc1cccc(OC(F)F)c1)N[C@H]1CCCNC1. The largest absolute Gasteiger partial charge is 0.435 e. The summed E-state index contributed by atoms with van der Waals surface area (Å²) in [4.78, 5) is 11.9. The molecular formula is C14H18F2N2O2. The van der Waals surface area contributed by atoms with E-state index < -0.39 is 6.61 Å². The number of rotatable bonds is 5. The molecule has 1 atom stereocenters. The van der Waals surface area contributed by atoms with E-state index in [4.69, 9.17) is 0 Å². The summed E-state index contributed by atoms with van der Waals surface area (Å²) < 4.78 is 28.5. The van der Waals surface area contributed by atoms with Crippen LogP contribution in [-0.4, -0.2) is 31.7 Å². The Labute approximate surface area is 116 Å². The van der Waals surface area contributed by atoms with E-state index in [1.807, 2.05) is 0 Å². The Hall–Kier alpha value is -1.69. The van der Waals surface area contributed by atoms with Gasteiger partial charge in [0.25, 0.3) is 0 Å². The summed E-state index contributed by atoms with van der Waals surface area (Å²) in [6.07, 6.45) is 2.17. The molecule has 110 valence electrons. The molecule has 0 aliphatic carbocycles. The molecule has 2 rings (SSSR count). The fourth-order valence-corrected chi connectivity index (χ4v) is 2.27. The van der Waals surface area contributed by atoms with Crippen LogP contribution in [0, 0.1) is 0 Å². The van der Waals surface area contributed by atoms with Gasteiger partial charge in [0, 0.05) is 12.6 Å². The van der Waals surface area contributed by atoms with Gasteiger partial charge in [0.1, 0.15) is 5.75 Å². The molecule has 1 aliphatic heterocycles. The first-order chi connectivity index (χ1) is 9.63. The van der Waals surface area contributed by atoms with Crippen molar-refractivity contribution in [3.05, 3.63) is 29.8 Å². The zero-order valence-electron chi connectivity index (χ0n) is 11.1. The molecule has 0 saturated carbocycles. The van der Waals surface area contributed by atoms with Crippen LogP contribution in [0.25, 0.3) is 0 Å². The van der Waals surface area contributed by atoms with Crippen LogP contribution < -0.4 is 15.4 Å². The summed E-state index contributed by atoms with van der Waals surface area (Å²) in [5.74, 6) is -0.0301. The topological polar surface area (TPSA) is 50.4 Å². The van der Waals surface area contributed by atoms with Gasteiger partial charge < -0.3 is 15.4 Å². The third-order valence-corrected chi connectivity index (χ3v) is 3.15. The average molecular weight is 284 g/mol. The summed E-state index contributed by atoms with van der Waals surface area (Å²) in [6.45, 7) is -1.09. The Kier molecular flexibility index (Phi) is 5.29. The predicted octanol–water partition coefficient (Wildman–Crippen LogP) is 1.70. The molecule has 1 amide bonds. The van der Waals surface area contributed by atoms with Gasteiger partial charge in [0.2, 0.25) is 5.91 Å². The second-order valence-corrected chi connectivity index (χ2v) is 4.81. The standard InChI is InChI=1S/C14H18F2N2O2/c15-14(16)20-12-5-1-3-10(7-12)8-13(19)18-11-4-2-6-17-9-11/h1,3,5,7,11,14,17H,2,4,6,8-9H2,(H,18,19)/t11-/m0/s1. The molecule has 2 N–H and O–H groups in total. The molecule has 1 fully saturated rings. The van der Waals surface area contributed by atoms with E-state index in [2.05, 4.69) is 15.4 Å². The molecule has 1 saturated heterocycles. The predicted molar refractivity (Wildman–Crippen MR) is 70.8 cm³/mol. The lowest BCUT2D eigenvalue weighted by Crippen LogP contribution is -2.46. The fourth-order valence-electron chi connectivity index (χ4n) is 2.27. The summed E-state index contributed by atoms with van der Waals surface area (Å²) in [6, 6.07) is 6.37. The number of carbonyl (C=O) groups is 1. The number of hydrogen-bond donors (Lipinski definition) is 2. The normalized spacial score (nSPS) is 18.9. The molecule has 1 aromatic carbocycles. The van der Waals surface area contributed by atoms with Crippen LogP contribution in [0.1, 0.15) is 18.4 Å². The molecule has 1 heterocycles. The molecule has 0 aromatic heterocycles. The Morgan fingerprint density at radius 3 is 3.05 bits per heavy atom. The highest BCUT2D eigenvalue weighted by Crippen LogP contribution is 2.16. The number of carbonyl (C=O) groups excluding carboxylic acids is 1. The van der Waals surface area contributed by atoms with E-state index >= 15 is 0 Å². The van der Waals surface area contributed by atoms with Crippen LogP contribution in [0.15, 0.2) is 24.3 Å². The van der Waals surface area contributed by atoms with Crippen LogP contribution >= 0.6 is 0 Å². The number of ether oxygens (including phenoxy) is 1. The third kappa shape index (κ3) is 4.77. The van der Waals surface area contributed by atoms with Crippen molar-refractivity contribution in [2.45, 2.75) is 31.9 Å². The van der Waals surface area contributed by atoms with E-state index in [9.17, 15) is 13.6 Å². The summed E-state index contributed by atoms with van der Waals surface area (Å²) >= 11 is 0. The van der Waals surface area contributed by atoms with Crippen molar-refractivity contribution in [2.24, 2.45) is 0 Å². The lowest BCUT2D eigenvalue weighted by atomic mass is 10.1. The zero-order valence-corrected chi connectivity index (χ0v) is 11.1. The second-order valence-electron chi connectivity index (χ2n) is 4.81. The van der Waals surface area contributed by atoms with Gasteiger partial charge in [-0.3, -0.25) is 4.79 Å². The molecule has 1 aliphatic rings. The molecule has 6 heteroatoms. The maximum Gasteiger partial charge on any atom is 0.387 e. The minimum absolute atomic E-state index is 0.0737. The summed E-state index contributed by atoms with van der Waals surface area (Å²) in [7, 11) is 0. The molecule has 4 nitrogen and oxygen atoms in total. The van der Waals surface area contributed by atoms with Gasteiger partial charge in [0.05, 0.1) is 6.42 Å². The van der Waals surface area contributed by atoms with Crippen LogP contribution in [0.3, 0.4) is 0 Å². The summed E-state index contributed by atoms with van der Waals surface area (Å²) in [5.41, 5.74) is 0.657. The second kappa shape index (κ2) is 7.19. The number of piperidine rings is 1. The van der Waals surface area contributed by atoms with Crippen molar-refractivity contribution < 1.29 is 18.3 Å². The van der Waals surface area contributed by atoms with Crippen LogP contribution in [-0.2, 0) is 11.2 Å². The van der Waals surface area contributed by atoms with Crippen molar-refractivity contribution in [1.29, 1.82) is 0 Å². The number of amides is 1. The first kappa shape index (κ1) is 14.7. The lowest BCUT2D eigenvalue weighted by molar-refractivity contribution is -0.121. The molecular weight excluding hydrogens is 266 g/mol. The van der Waals surface area contributed by atoms with Gasteiger partial charge in [-0.15, -0.1) is 0 Å². The highest BCUT2D eigenvalue weighted by Gasteiger charge is 2.15. The maximum absolute atomic E-state index is 12.1. The molecule has 20 heavy (non-hydrogen) atoms. The van der Waals surface area contributed by atoms with Gasteiger partial charge in [-0.1, -0.05) is 12.1 Å². The molecule has 0 spiro atoms. The highest BCUT2D eigenvalue weighted by molar-refractivity contribution is 5.79. The highest BCUT2D eigenvalue weighted by atomic mass is 19.3. The van der Waals surface area contributed by atoms with E-state index in [1.165, 1.54) is 12.1 Å². The first-order valence-corrected chi connectivity index (χ1v) is 6.67. The lowest BCUT2D eigenvalue weighted by Gasteiger charge is -2.23. The van der Waals surface area contributed by atoms with Crippen molar-refractivity contribution in [3.8, 4) is 5.75 Å². The van der Waals surface area contributed by atoms with Gasteiger partial charge in [-0.25, -0.2) is 0 Å². The third-order valence-electron chi connectivity index (χ3n) is 3.15. The maximum atomic E-state index is 12.1. The van der Waals surface area contributed by atoms with Gasteiger partial charge in [-0.2, -0.15) is 8.78 Å². The minimum Gasteiger partial charge on any atom is -0.435 e. The van der Waals surface area contributed by atoms with Crippen molar-refractivity contribution in [3.63, 3.8) is 0 Å². The number of nitrogens with one attached hydrogen (secondary N) is 2. The smallest absolute Gasteiger partial charge is 0.387 e.